The second-order valence-corrected chi connectivity index (χ2v) is 3.23. The summed E-state index contributed by atoms with van der Waals surface area (Å²) in [7, 11) is 0. The number of benzene rings is 2. The Balaban J connectivity index is 2.64. The van der Waals surface area contributed by atoms with E-state index in [0.29, 0.717) is 5.39 Å². The van der Waals surface area contributed by atoms with E-state index in [9.17, 15) is 9.90 Å². The topological polar surface area (TPSA) is 63.6 Å². The molecule has 0 radical (unpaired) electrons. The Labute approximate surface area is 83.3 Å². The van der Waals surface area contributed by atoms with Crippen LogP contribution in [0.1, 0.15) is 0 Å². The van der Waals surface area contributed by atoms with Crippen molar-refractivity contribution in [3.63, 3.8) is 0 Å². The largest absolute Gasteiger partial charge is 0.519 e. The van der Waals surface area contributed by atoms with Crippen LogP contribution in [-0.2, 0) is 0 Å². The average Bonchev–Trinajstić information content (AvgIpc) is 2.59. The van der Waals surface area contributed by atoms with E-state index in [0.717, 1.165) is 5.39 Å². The van der Waals surface area contributed by atoms with Gasteiger partial charge < -0.3 is 13.9 Å². The van der Waals surface area contributed by atoms with Crippen LogP contribution >= 0.6 is 0 Å². The van der Waals surface area contributed by atoms with Gasteiger partial charge in [0.1, 0.15) is 0 Å². The van der Waals surface area contributed by atoms with Gasteiger partial charge in [-0.15, -0.1) is 0 Å². The van der Waals surface area contributed by atoms with Crippen molar-refractivity contribution >= 4 is 21.9 Å². The predicted octanol–water partition coefficient (Wildman–Crippen LogP) is 2.24. The summed E-state index contributed by atoms with van der Waals surface area (Å²) in [6, 6.07) is 8.87. The van der Waals surface area contributed by atoms with E-state index in [1.54, 1.807) is 18.2 Å². The first-order chi connectivity index (χ1) is 7.25. The second kappa shape index (κ2) is 2.63. The van der Waals surface area contributed by atoms with Crippen LogP contribution in [0.4, 0.5) is 0 Å². The molecule has 74 valence electrons. The molecule has 0 unspecified atom stereocenters. The molecule has 3 aromatic rings. The molecule has 0 fully saturated rings. The third-order valence-electron chi connectivity index (χ3n) is 2.32. The number of phenolic OH excluding ortho intramolecular Hbond substituents is 1. The minimum absolute atomic E-state index is 0.0612. The minimum atomic E-state index is -0.810. The first-order valence-electron chi connectivity index (χ1n) is 4.40. The highest BCUT2D eigenvalue weighted by molar-refractivity contribution is 6.00. The SMILES string of the molecule is O=c1oc2cc3ccccc3c(O)c2o1. The Morgan fingerprint density at radius 3 is 2.80 bits per heavy atom. The molecular formula is C11H6O4. The van der Waals surface area contributed by atoms with Gasteiger partial charge in [-0.3, -0.25) is 0 Å². The number of rotatable bonds is 0. The van der Waals surface area contributed by atoms with Gasteiger partial charge in [0.05, 0.1) is 0 Å². The van der Waals surface area contributed by atoms with Crippen LogP contribution in [0.15, 0.2) is 44.0 Å². The molecule has 1 aromatic heterocycles. The molecule has 0 amide bonds. The zero-order chi connectivity index (χ0) is 10.4. The third kappa shape index (κ3) is 1.05. The Morgan fingerprint density at radius 2 is 1.93 bits per heavy atom. The lowest BCUT2D eigenvalue weighted by Gasteiger charge is -1.98. The number of aromatic hydroxyl groups is 1. The Hall–Kier alpha value is -2.23. The minimum Gasteiger partial charge on any atom is -0.504 e. The summed E-state index contributed by atoms with van der Waals surface area (Å²) < 4.78 is 9.51. The zero-order valence-electron chi connectivity index (χ0n) is 7.56. The van der Waals surface area contributed by atoms with Crippen molar-refractivity contribution in [2.75, 3.05) is 0 Å². The molecule has 15 heavy (non-hydrogen) atoms. The average molecular weight is 202 g/mol. The summed E-state index contributed by atoms with van der Waals surface area (Å²) in [6.07, 6.45) is 0. The van der Waals surface area contributed by atoms with Crippen LogP contribution < -0.4 is 5.82 Å². The second-order valence-electron chi connectivity index (χ2n) is 3.23. The molecule has 0 aliphatic carbocycles. The smallest absolute Gasteiger partial charge is 0.504 e. The van der Waals surface area contributed by atoms with Gasteiger partial charge in [-0.25, -0.2) is 4.79 Å². The number of fused-ring (bicyclic) bond motifs is 2. The first-order valence-corrected chi connectivity index (χ1v) is 4.40. The van der Waals surface area contributed by atoms with Gasteiger partial charge in [-0.2, -0.15) is 0 Å². The van der Waals surface area contributed by atoms with Gasteiger partial charge in [0.15, 0.2) is 11.3 Å². The predicted molar refractivity (Wildman–Crippen MR) is 53.9 cm³/mol. The van der Waals surface area contributed by atoms with Crippen molar-refractivity contribution < 1.29 is 13.9 Å². The highest BCUT2D eigenvalue weighted by Crippen LogP contribution is 2.32. The zero-order valence-corrected chi connectivity index (χ0v) is 7.56. The van der Waals surface area contributed by atoms with Gasteiger partial charge in [0, 0.05) is 5.39 Å². The van der Waals surface area contributed by atoms with E-state index in [1.165, 1.54) is 0 Å². The van der Waals surface area contributed by atoms with Crippen molar-refractivity contribution in [3.8, 4) is 5.75 Å². The Morgan fingerprint density at radius 1 is 1.13 bits per heavy atom. The van der Waals surface area contributed by atoms with Crippen molar-refractivity contribution in [3.05, 3.63) is 40.9 Å². The van der Waals surface area contributed by atoms with Gasteiger partial charge >= 0.3 is 5.82 Å². The van der Waals surface area contributed by atoms with Crippen molar-refractivity contribution in [1.29, 1.82) is 0 Å². The van der Waals surface area contributed by atoms with Gasteiger partial charge in [0.25, 0.3) is 0 Å². The summed E-state index contributed by atoms with van der Waals surface area (Å²) >= 11 is 0. The number of phenols is 1. The fraction of sp³-hybridized carbons (Fsp3) is 0. The van der Waals surface area contributed by atoms with E-state index in [4.69, 9.17) is 8.83 Å². The monoisotopic (exact) mass is 202 g/mol. The van der Waals surface area contributed by atoms with Crippen LogP contribution in [0.3, 0.4) is 0 Å². The molecule has 0 bridgehead atoms. The molecule has 0 saturated heterocycles. The van der Waals surface area contributed by atoms with E-state index in [-0.39, 0.29) is 16.9 Å². The van der Waals surface area contributed by atoms with E-state index >= 15 is 0 Å². The highest BCUT2D eigenvalue weighted by atomic mass is 16.6. The quantitative estimate of drug-likeness (QED) is 0.607. The van der Waals surface area contributed by atoms with Crippen LogP contribution in [0.25, 0.3) is 21.9 Å². The van der Waals surface area contributed by atoms with E-state index in [1.807, 2.05) is 12.1 Å². The Bertz CT molecular complexity index is 705. The molecule has 1 heterocycles. The van der Waals surface area contributed by atoms with Crippen LogP contribution in [-0.4, -0.2) is 5.11 Å². The lowest BCUT2D eigenvalue weighted by Crippen LogP contribution is -1.84. The third-order valence-corrected chi connectivity index (χ3v) is 2.32. The van der Waals surface area contributed by atoms with Crippen molar-refractivity contribution in [2.45, 2.75) is 0 Å². The van der Waals surface area contributed by atoms with Crippen molar-refractivity contribution in [2.24, 2.45) is 0 Å². The molecule has 0 saturated carbocycles. The van der Waals surface area contributed by atoms with E-state index in [2.05, 4.69) is 0 Å². The summed E-state index contributed by atoms with van der Waals surface area (Å²) in [4.78, 5) is 10.9. The summed E-state index contributed by atoms with van der Waals surface area (Å²) in [5, 5.41) is 11.3. The van der Waals surface area contributed by atoms with Gasteiger partial charge in [0.2, 0.25) is 5.58 Å². The molecule has 1 N–H and O–H groups in total. The first kappa shape index (κ1) is 8.11. The maximum absolute atomic E-state index is 10.9. The maximum atomic E-state index is 10.9. The normalized spacial score (nSPS) is 11.2. The number of hydrogen-bond donors (Lipinski definition) is 1. The summed E-state index contributed by atoms with van der Waals surface area (Å²) in [6.45, 7) is 0. The highest BCUT2D eigenvalue weighted by Gasteiger charge is 2.12. The lowest BCUT2D eigenvalue weighted by molar-refractivity contribution is 0.401. The van der Waals surface area contributed by atoms with Gasteiger partial charge in [-0.05, 0) is 11.5 Å². The molecule has 2 aromatic carbocycles. The molecule has 3 rings (SSSR count). The fourth-order valence-corrected chi connectivity index (χ4v) is 1.65. The molecule has 0 atom stereocenters. The lowest BCUT2D eigenvalue weighted by atomic mass is 10.1. The molecule has 4 nitrogen and oxygen atoms in total. The summed E-state index contributed by atoms with van der Waals surface area (Å²) in [5.41, 5.74) is 0.356. The van der Waals surface area contributed by atoms with Crippen LogP contribution in [0.2, 0.25) is 0 Å². The van der Waals surface area contributed by atoms with Crippen LogP contribution in [0, 0.1) is 0 Å². The molecule has 0 spiro atoms. The fourth-order valence-electron chi connectivity index (χ4n) is 1.65. The summed E-state index contributed by atoms with van der Waals surface area (Å²) in [5.74, 6) is -0.871. The molecule has 4 heteroatoms. The van der Waals surface area contributed by atoms with Gasteiger partial charge in [-0.1, -0.05) is 24.3 Å². The standard InChI is InChI=1S/C11H6O4/c12-9-7-4-2-1-3-6(7)5-8-10(9)15-11(13)14-8/h1-5,12H. The molecule has 0 aliphatic rings. The Kier molecular flexibility index (Phi) is 1.42. The molecular weight excluding hydrogens is 196 g/mol. The van der Waals surface area contributed by atoms with Crippen molar-refractivity contribution in [1.82, 2.24) is 0 Å². The van der Waals surface area contributed by atoms with Crippen LogP contribution in [0.5, 0.6) is 5.75 Å². The van der Waals surface area contributed by atoms with E-state index < -0.39 is 5.82 Å². The number of hydrogen-bond acceptors (Lipinski definition) is 4. The molecule has 0 aliphatic heterocycles. The maximum Gasteiger partial charge on any atom is 0.519 e.